The summed E-state index contributed by atoms with van der Waals surface area (Å²) in [6, 6.07) is 20.2. The molecule has 1 aliphatic heterocycles. The summed E-state index contributed by atoms with van der Waals surface area (Å²) in [6.45, 7) is 3.51. The van der Waals surface area contributed by atoms with Gasteiger partial charge in [-0.3, -0.25) is 13.9 Å². The van der Waals surface area contributed by atoms with Crippen molar-refractivity contribution in [1.82, 2.24) is 10.2 Å². The van der Waals surface area contributed by atoms with E-state index >= 15 is 0 Å². The molecule has 2 amide bonds. The first-order valence-electron chi connectivity index (χ1n) is 13.5. The number of ether oxygens (including phenoxy) is 2. The molecular weight excluding hydrogens is 566 g/mol. The van der Waals surface area contributed by atoms with Gasteiger partial charge in [0.1, 0.15) is 12.6 Å². The molecule has 0 saturated heterocycles. The maximum atomic E-state index is 14.2. The summed E-state index contributed by atoms with van der Waals surface area (Å²) in [7, 11) is -3.89. The number of anilines is 1. The van der Waals surface area contributed by atoms with Crippen LogP contribution in [0, 0.1) is 0 Å². The Morgan fingerprint density at radius 1 is 0.951 bits per heavy atom. The summed E-state index contributed by atoms with van der Waals surface area (Å²) >= 11 is 6.09. The van der Waals surface area contributed by atoms with E-state index in [-0.39, 0.29) is 37.1 Å². The van der Waals surface area contributed by atoms with E-state index in [1.165, 1.54) is 11.8 Å². The highest BCUT2D eigenvalue weighted by Crippen LogP contribution is 2.36. The summed E-state index contributed by atoms with van der Waals surface area (Å²) in [6.07, 6.45) is 0.974. The molecule has 0 aromatic heterocycles. The van der Waals surface area contributed by atoms with Gasteiger partial charge >= 0.3 is 0 Å². The molecule has 11 heteroatoms. The van der Waals surface area contributed by atoms with E-state index in [9.17, 15) is 18.0 Å². The molecular formula is C30H34ClN3O6S. The van der Waals surface area contributed by atoms with Gasteiger partial charge < -0.3 is 19.7 Å². The van der Waals surface area contributed by atoms with Crippen molar-refractivity contribution in [2.24, 2.45) is 0 Å². The number of amides is 2. The summed E-state index contributed by atoms with van der Waals surface area (Å²) < 4.78 is 38.4. The molecule has 218 valence electrons. The highest BCUT2D eigenvalue weighted by molar-refractivity contribution is 7.92. The summed E-state index contributed by atoms with van der Waals surface area (Å²) in [4.78, 5) is 29.2. The number of fused-ring (bicyclic) bond motifs is 1. The molecule has 1 aliphatic rings. The van der Waals surface area contributed by atoms with Gasteiger partial charge in [-0.05, 0) is 48.7 Å². The van der Waals surface area contributed by atoms with E-state index in [0.29, 0.717) is 23.1 Å². The number of hydrogen-bond donors (Lipinski definition) is 1. The fraction of sp³-hybridized carbons (Fsp3) is 0.333. The van der Waals surface area contributed by atoms with Crippen LogP contribution in [0.4, 0.5) is 5.69 Å². The zero-order valence-corrected chi connectivity index (χ0v) is 24.7. The van der Waals surface area contributed by atoms with E-state index in [1.807, 2.05) is 37.3 Å². The summed E-state index contributed by atoms with van der Waals surface area (Å²) in [5, 5.41) is 3.46. The third-order valence-corrected chi connectivity index (χ3v) is 8.70. The molecule has 0 bridgehead atoms. The molecule has 0 fully saturated rings. The van der Waals surface area contributed by atoms with Gasteiger partial charge in [-0.1, -0.05) is 61.0 Å². The molecule has 3 aromatic carbocycles. The monoisotopic (exact) mass is 599 g/mol. The molecule has 0 aliphatic carbocycles. The smallest absolute Gasteiger partial charge is 0.244 e. The molecule has 0 spiro atoms. The van der Waals surface area contributed by atoms with E-state index < -0.39 is 28.5 Å². The number of carbonyl (C=O) groups excluding carboxylic acids is 2. The van der Waals surface area contributed by atoms with E-state index in [4.69, 9.17) is 21.1 Å². The minimum atomic E-state index is -3.89. The SMILES string of the molecule is CCCNC(=O)[C@@H](Cc1ccccc1)N(Cc1ccc(Cl)cc1)C(=O)CN(c1ccc2c(c1)OCO2)S(=O)(=O)CC. The fourth-order valence-electron chi connectivity index (χ4n) is 4.47. The average Bonchev–Trinajstić information content (AvgIpc) is 3.46. The van der Waals surface area contributed by atoms with E-state index in [2.05, 4.69) is 5.32 Å². The first-order chi connectivity index (χ1) is 19.7. The lowest BCUT2D eigenvalue weighted by Gasteiger charge is -2.33. The van der Waals surface area contributed by atoms with Crippen LogP contribution in [0.2, 0.25) is 5.02 Å². The molecule has 1 heterocycles. The zero-order valence-electron chi connectivity index (χ0n) is 23.1. The minimum absolute atomic E-state index is 0.0289. The van der Waals surface area contributed by atoms with Gasteiger partial charge in [-0.25, -0.2) is 8.42 Å². The van der Waals surface area contributed by atoms with Gasteiger partial charge in [0.2, 0.25) is 28.6 Å². The van der Waals surface area contributed by atoms with Crippen molar-refractivity contribution in [3.8, 4) is 11.5 Å². The lowest BCUT2D eigenvalue weighted by Crippen LogP contribution is -2.53. The van der Waals surface area contributed by atoms with Crippen molar-refractivity contribution in [2.75, 3.05) is 29.9 Å². The van der Waals surface area contributed by atoms with Crippen molar-refractivity contribution in [3.05, 3.63) is 88.9 Å². The Bertz CT molecular complexity index is 1450. The van der Waals surface area contributed by atoms with Gasteiger partial charge in [-0.2, -0.15) is 0 Å². The number of nitrogens with zero attached hydrogens (tertiary/aromatic N) is 2. The molecule has 1 N–H and O–H groups in total. The largest absolute Gasteiger partial charge is 0.454 e. The predicted octanol–water partition coefficient (Wildman–Crippen LogP) is 4.39. The quantitative estimate of drug-likeness (QED) is 0.312. The highest BCUT2D eigenvalue weighted by atomic mass is 35.5. The predicted molar refractivity (Wildman–Crippen MR) is 159 cm³/mol. The molecule has 4 rings (SSSR count). The third kappa shape index (κ3) is 7.71. The van der Waals surface area contributed by atoms with Crippen LogP contribution in [0.1, 0.15) is 31.4 Å². The number of benzene rings is 3. The summed E-state index contributed by atoms with van der Waals surface area (Å²) in [5.74, 6) is -0.178. The van der Waals surface area contributed by atoms with Crippen LogP contribution in [0.25, 0.3) is 0 Å². The summed E-state index contributed by atoms with van der Waals surface area (Å²) in [5.41, 5.74) is 1.88. The van der Waals surface area contributed by atoms with Crippen LogP contribution in [-0.4, -0.2) is 56.8 Å². The Labute approximate surface area is 246 Å². The molecule has 0 unspecified atom stereocenters. The number of halogens is 1. The first kappa shape index (κ1) is 30.2. The van der Waals surface area contributed by atoms with Crippen molar-refractivity contribution in [3.63, 3.8) is 0 Å². The molecule has 9 nitrogen and oxygen atoms in total. The Kier molecular flexibility index (Phi) is 10.1. The van der Waals surface area contributed by atoms with Gasteiger partial charge in [0.25, 0.3) is 0 Å². The number of rotatable bonds is 13. The second-order valence-corrected chi connectivity index (χ2v) is 12.2. The number of nitrogens with one attached hydrogen (secondary N) is 1. The maximum Gasteiger partial charge on any atom is 0.244 e. The third-order valence-electron chi connectivity index (χ3n) is 6.71. The second-order valence-electron chi connectivity index (χ2n) is 9.59. The fourth-order valence-corrected chi connectivity index (χ4v) is 5.65. The zero-order chi connectivity index (χ0) is 29.4. The van der Waals surface area contributed by atoms with Crippen LogP contribution in [0.5, 0.6) is 11.5 Å². The van der Waals surface area contributed by atoms with Crippen LogP contribution in [0.3, 0.4) is 0 Å². The van der Waals surface area contributed by atoms with Crippen LogP contribution < -0.4 is 19.1 Å². The van der Waals surface area contributed by atoms with Crippen molar-refractivity contribution < 1.29 is 27.5 Å². The van der Waals surface area contributed by atoms with Crippen LogP contribution in [0.15, 0.2) is 72.8 Å². The van der Waals surface area contributed by atoms with Gasteiger partial charge in [-0.15, -0.1) is 0 Å². The Balaban J connectivity index is 1.73. The highest BCUT2D eigenvalue weighted by Gasteiger charge is 2.34. The Morgan fingerprint density at radius 2 is 1.66 bits per heavy atom. The maximum absolute atomic E-state index is 14.2. The number of sulfonamides is 1. The van der Waals surface area contributed by atoms with Gasteiger partial charge in [0, 0.05) is 30.6 Å². The van der Waals surface area contributed by atoms with Crippen molar-refractivity contribution in [2.45, 2.75) is 39.3 Å². The van der Waals surface area contributed by atoms with Crippen LogP contribution >= 0.6 is 11.6 Å². The standard InChI is InChI=1S/C30H34ClN3O6S/c1-3-16-32-30(36)26(17-22-8-6-5-7-9-22)33(19-23-10-12-24(31)13-11-23)29(35)20-34(41(37,38)4-2)25-14-15-27-28(18-25)40-21-39-27/h5-15,18,26H,3-4,16-17,19-21H2,1-2H3,(H,32,36)/t26-/m1/s1. The molecule has 1 atom stereocenters. The van der Waals surface area contributed by atoms with E-state index in [0.717, 1.165) is 21.9 Å². The molecule has 0 saturated carbocycles. The number of hydrogen-bond acceptors (Lipinski definition) is 6. The molecule has 3 aromatic rings. The lowest BCUT2D eigenvalue weighted by atomic mass is 10.0. The first-order valence-corrected chi connectivity index (χ1v) is 15.5. The van der Waals surface area contributed by atoms with Gasteiger partial charge in [0.05, 0.1) is 11.4 Å². The minimum Gasteiger partial charge on any atom is -0.454 e. The van der Waals surface area contributed by atoms with Crippen LogP contribution in [-0.2, 0) is 32.6 Å². The normalized spacial score (nSPS) is 13.0. The second kappa shape index (κ2) is 13.7. The average molecular weight is 600 g/mol. The lowest BCUT2D eigenvalue weighted by molar-refractivity contribution is -0.140. The topological polar surface area (TPSA) is 105 Å². The van der Waals surface area contributed by atoms with Crippen molar-refractivity contribution >= 4 is 39.1 Å². The van der Waals surface area contributed by atoms with Gasteiger partial charge in [0.15, 0.2) is 11.5 Å². The Morgan fingerprint density at radius 3 is 2.34 bits per heavy atom. The molecule has 0 radical (unpaired) electrons. The Hall–Kier alpha value is -3.76. The number of carbonyl (C=O) groups is 2. The van der Waals surface area contributed by atoms with Crippen molar-refractivity contribution in [1.29, 1.82) is 0 Å². The molecule has 41 heavy (non-hydrogen) atoms. The van der Waals surface area contributed by atoms with E-state index in [1.54, 1.807) is 42.5 Å².